The van der Waals surface area contributed by atoms with Gasteiger partial charge < -0.3 is 10.1 Å². The van der Waals surface area contributed by atoms with Crippen LogP contribution in [0.1, 0.15) is 23.2 Å². The van der Waals surface area contributed by atoms with Gasteiger partial charge in [-0.2, -0.15) is 0 Å². The molecule has 0 saturated heterocycles. The van der Waals surface area contributed by atoms with E-state index in [1.807, 2.05) is 46.9 Å². The summed E-state index contributed by atoms with van der Waals surface area (Å²) in [6.45, 7) is 0.562. The number of hydrogen-bond acceptors (Lipinski definition) is 5. The summed E-state index contributed by atoms with van der Waals surface area (Å²) in [5.41, 5.74) is 4.53. The number of hydrogen-bond donors (Lipinski definition) is 1. The normalized spacial score (nSPS) is 12.9. The van der Waals surface area contributed by atoms with Crippen LogP contribution >= 0.6 is 0 Å². The van der Waals surface area contributed by atoms with E-state index in [1.54, 1.807) is 6.33 Å². The number of anilines is 2. The fourth-order valence-electron chi connectivity index (χ4n) is 3.48. The minimum atomic E-state index is 0.562. The van der Waals surface area contributed by atoms with Crippen molar-refractivity contribution in [2.75, 3.05) is 5.32 Å². The highest BCUT2D eigenvalue weighted by Crippen LogP contribution is 2.30. The first-order valence-corrected chi connectivity index (χ1v) is 9.12. The lowest BCUT2D eigenvalue weighted by Gasteiger charge is -2.13. The highest BCUT2D eigenvalue weighted by atomic mass is 16.5. The monoisotopic (exact) mass is 357 g/mol. The second-order valence-electron chi connectivity index (χ2n) is 6.66. The number of ether oxygens (including phenoxy) is 1. The van der Waals surface area contributed by atoms with Crippen molar-refractivity contribution in [3.63, 3.8) is 0 Å². The number of aromatic nitrogens is 4. The van der Waals surface area contributed by atoms with Crippen molar-refractivity contribution in [2.45, 2.75) is 25.9 Å². The average molecular weight is 357 g/mol. The van der Waals surface area contributed by atoms with Crippen LogP contribution in [0.3, 0.4) is 0 Å². The highest BCUT2D eigenvalue weighted by Gasteiger charge is 2.20. The van der Waals surface area contributed by atoms with E-state index >= 15 is 0 Å². The Balaban J connectivity index is 1.36. The first-order valence-electron chi connectivity index (χ1n) is 9.12. The van der Waals surface area contributed by atoms with Gasteiger partial charge in [-0.1, -0.05) is 30.3 Å². The van der Waals surface area contributed by atoms with E-state index in [0.29, 0.717) is 12.4 Å². The van der Waals surface area contributed by atoms with Gasteiger partial charge in [0, 0.05) is 11.3 Å². The molecule has 1 aliphatic rings. The molecule has 6 heteroatoms. The molecule has 27 heavy (non-hydrogen) atoms. The van der Waals surface area contributed by atoms with E-state index in [4.69, 9.17) is 4.74 Å². The molecular formula is C21H19N5O. The first-order chi connectivity index (χ1) is 13.4. The maximum atomic E-state index is 5.87. The Morgan fingerprint density at radius 1 is 1.00 bits per heavy atom. The zero-order valence-corrected chi connectivity index (χ0v) is 14.8. The number of rotatable bonds is 5. The van der Waals surface area contributed by atoms with Crippen molar-refractivity contribution in [1.29, 1.82) is 0 Å². The van der Waals surface area contributed by atoms with E-state index in [9.17, 15) is 0 Å². The Morgan fingerprint density at radius 2 is 1.85 bits per heavy atom. The van der Waals surface area contributed by atoms with Crippen molar-refractivity contribution in [1.82, 2.24) is 19.6 Å². The van der Waals surface area contributed by atoms with Crippen LogP contribution in [0.15, 0.2) is 60.9 Å². The number of nitrogens with one attached hydrogen (secondary N) is 1. The summed E-state index contributed by atoms with van der Waals surface area (Å²) < 4.78 is 7.79. The molecule has 1 N–H and O–H groups in total. The molecular weight excluding hydrogens is 338 g/mol. The molecule has 2 aromatic carbocycles. The van der Waals surface area contributed by atoms with Crippen LogP contribution in [0.25, 0.3) is 5.78 Å². The van der Waals surface area contributed by atoms with Crippen LogP contribution in [0.4, 0.5) is 11.5 Å². The number of fused-ring (bicyclic) bond motifs is 2. The quantitative estimate of drug-likeness (QED) is 0.586. The molecule has 0 radical (unpaired) electrons. The molecule has 2 aromatic heterocycles. The van der Waals surface area contributed by atoms with Gasteiger partial charge in [0.05, 0.1) is 5.69 Å². The van der Waals surface area contributed by atoms with Gasteiger partial charge in [0.1, 0.15) is 24.5 Å². The lowest BCUT2D eigenvalue weighted by molar-refractivity contribution is 0.306. The maximum absolute atomic E-state index is 5.87. The van der Waals surface area contributed by atoms with Crippen LogP contribution in [-0.4, -0.2) is 19.6 Å². The minimum absolute atomic E-state index is 0.562. The predicted octanol–water partition coefficient (Wildman–Crippen LogP) is 3.94. The summed E-state index contributed by atoms with van der Waals surface area (Å²) in [5, 5.41) is 11.6. The molecule has 4 aromatic rings. The second-order valence-corrected chi connectivity index (χ2v) is 6.66. The highest BCUT2D eigenvalue weighted by molar-refractivity contribution is 5.64. The van der Waals surface area contributed by atoms with E-state index in [-0.39, 0.29) is 0 Å². The van der Waals surface area contributed by atoms with Crippen molar-refractivity contribution in [2.24, 2.45) is 0 Å². The largest absolute Gasteiger partial charge is 0.489 e. The van der Waals surface area contributed by atoms with Gasteiger partial charge in [0.15, 0.2) is 0 Å². The Labute approximate surface area is 156 Å². The summed E-state index contributed by atoms with van der Waals surface area (Å²) in [4.78, 5) is 4.61. The zero-order chi connectivity index (χ0) is 18.1. The smallest absolute Gasteiger partial charge is 0.256 e. The van der Waals surface area contributed by atoms with Gasteiger partial charge in [0.2, 0.25) is 0 Å². The first kappa shape index (κ1) is 15.8. The SMILES string of the molecule is c1ccc(COc2ccc(Nc3c4c(nc5nncn35)CCC4)cc2)cc1. The van der Waals surface area contributed by atoms with E-state index in [2.05, 4.69) is 32.6 Å². The van der Waals surface area contributed by atoms with Crippen molar-refractivity contribution >= 4 is 17.3 Å². The standard InChI is InChI=1S/C21H19N5O/c1-2-5-15(6-3-1)13-27-17-11-9-16(10-12-17)23-20-18-7-4-8-19(18)24-21-25-22-14-26(20)21/h1-3,5-6,9-12,14,23H,4,7-8,13H2. The maximum Gasteiger partial charge on any atom is 0.256 e. The van der Waals surface area contributed by atoms with Crippen LogP contribution in [-0.2, 0) is 19.4 Å². The molecule has 134 valence electrons. The van der Waals surface area contributed by atoms with E-state index in [1.165, 1.54) is 5.56 Å². The van der Waals surface area contributed by atoms with Gasteiger partial charge in [-0.3, -0.25) is 4.40 Å². The van der Waals surface area contributed by atoms with Crippen molar-refractivity contribution in [3.05, 3.63) is 77.7 Å². The molecule has 0 bridgehead atoms. The molecule has 1 aliphatic carbocycles. The van der Waals surface area contributed by atoms with Crippen LogP contribution < -0.4 is 10.1 Å². The Morgan fingerprint density at radius 3 is 2.70 bits per heavy atom. The molecule has 6 nitrogen and oxygen atoms in total. The molecule has 2 heterocycles. The van der Waals surface area contributed by atoms with Gasteiger partial charge in [-0.25, -0.2) is 4.98 Å². The lowest BCUT2D eigenvalue weighted by Crippen LogP contribution is -2.05. The Hall–Kier alpha value is -3.41. The van der Waals surface area contributed by atoms with Crippen LogP contribution in [0, 0.1) is 0 Å². The van der Waals surface area contributed by atoms with Gasteiger partial charge in [-0.15, -0.1) is 10.2 Å². The summed E-state index contributed by atoms with van der Waals surface area (Å²) in [6.07, 6.45) is 4.86. The summed E-state index contributed by atoms with van der Waals surface area (Å²) >= 11 is 0. The van der Waals surface area contributed by atoms with Gasteiger partial charge in [0.25, 0.3) is 5.78 Å². The minimum Gasteiger partial charge on any atom is -0.489 e. The third-order valence-electron chi connectivity index (χ3n) is 4.85. The zero-order valence-electron chi connectivity index (χ0n) is 14.8. The Kier molecular flexibility index (Phi) is 3.93. The molecule has 5 rings (SSSR count). The van der Waals surface area contributed by atoms with E-state index in [0.717, 1.165) is 47.8 Å². The van der Waals surface area contributed by atoms with Gasteiger partial charge >= 0.3 is 0 Å². The summed E-state index contributed by atoms with van der Waals surface area (Å²) in [6, 6.07) is 18.2. The summed E-state index contributed by atoms with van der Waals surface area (Å²) in [5.74, 6) is 2.50. The Bertz CT molecular complexity index is 1070. The number of nitrogens with zero attached hydrogens (tertiary/aromatic N) is 4. The predicted molar refractivity (Wildman–Crippen MR) is 103 cm³/mol. The van der Waals surface area contributed by atoms with Crippen molar-refractivity contribution < 1.29 is 4.74 Å². The van der Waals surface area contributed by atoms with Gasteiger partial charge in [-0.05, 0) is 49.1 Å². The molecule has 0 fully saturated rings. The molecule has 0 saturated carbocycles. The number of benzene rings is 2. The summed E-state index contributed by atoms with van der Waals surface area (Å²) in [7, 11) is 0. The molecule has 0 spiro atoms. The van der Waals surface area contributed by atoms with Crippen LogP contribution in [0.2, 0.25) is 0 Å². The third-order valence-corrected chi connectivity index (χ3v) is 4.85. The lowest BCUT2D eigenvalue weighted by atomic mass is 10.2. The molecule has 0 unspecified atom stereocenters. The molecule has 0 aliphatic heterocycles. The molecule has 0 amide bonds. The fraction of sp³-hybridized carbons (Fsp3) is 0.190. The van der Waals surface area contributed by atoms with Crippen molar-refractivity contribution in [3.8, 4) is 5.75 Å². The topological polar surface area (TPSA) is 64.3 Å². The van der Waals surface area contributed by atoms with E-state index < -0.39 is 0 Å². The average Bonchev–Trinajstić information content (AvgIpc) is 3.37. The fourth-order valence-corrected chi connectivity index (χ4v) is 3.48. The second kappa shape index (κ2) is 6.72. The molecule has 0 atom stereocenters. The van der Waals surface area contributed by atoms with Crippen LogP contribution in [0.5, 0.6) is 5.75 Å². The third kappa shape index (κ3) is 3.10. The number of aryl methyl sites for hydroxylation is 1.